The van der Waals surface area contributed by atoms with Crippen LogP contribution in [0.3, 0.4) is 0 Å². The van der Waals surface area contributed by atoms with Crippen molar-refractivity contribution in [2.45, 2.75) is 12.6 Å². The molecule has 4 nitrogen and oxygen atoms in total. The molecule has 0 saturated heterocycles. The smallest absolute Gasteiger partial charge is 0.384 e. The van der Waals surface area contributed by atoms with Crippen molar-refractivity contribution >= 4 is 17.3 Å². The Bertz CT molecular complexity index is 766. The maximum atomic E-state index is 12.8. The van der Waals surface area contributed by atoms with Crippen molar-refractivity contribution in [3.8, 4) is 6.07 Å². The molecule has 0 atom stereocenters. The van der Waals surface area contributed by atoms with Gasteiger partial charge >= 0.3 is 6.18 Å². The maximum Gasteiger partial charge on any atom is 0.418 e. The third-order valence-corrected chi connectivity index (χ3v) is 3.18. The Hall–Kier alpha value is -3.01. The van der Waals surface area contributed by atoms with Gasteiger partial charge in [0, 0.05) is 24.3 Å². The summed E-state index contributed by atoms with van der Waals surface area (Å²) in [7, 11) is 0. The van der Waals surface area contributed by atoms with E-state index in [0.717, 1.165) is 6.07 Å². The minimum absolute atomic E-state index is 0.0109. The fraction of sp³-hybridized carbons (Fsp3) is 0.176. The summed E-state index contributed by atoms with van der Waals surface area (Å²) in [5, 5.41) is 14.0. The number of rotatable bonds is 5. The molecule has 2 N–H and O–H groups in total. The Kier molecular flexibility index (Phi) is 5.42. The van der Waals surface area contributed by atoms with E-state index in [-0.39, 0.29) is 24.6 Å². The Morgan fingerprint density at radius 1 is 1.12 bits per heavy atom. The zero-order chi connectivity index (χ0) is 17.6. The number of hydrogen-bond acceptors (Lipinski definition) is 3. The standard InChI is InChI=1S/C17H14F3N3O/c18-17(19,20)14-6-1-2-7-15(14)22-9-8-16(24)23-13-5-3-4-12(10-13)11-21/h1-7,10,22H,8-9H2,(H,23,24). The second-order valence-corrected chi connectivity index (χ2v) is 4.96. The minimum Gasteiger partial charge on any atom is -0.384 e. The molecule has 2 aromatic rings. The first-order chi connectivity index (χ1) is 11.4. The first-order valence-electron chi connectivity index (χ1n) is 7.10. The first-order valence-corrected chi connectivity index (χ1v) is 7.10. The molecule has 2 rings (SSSR count). The van der Waals surface area contributed by atoms with Crippen LogP contribution in [0.2, 0.25) is 0 Å². The van der Waals surface area contributed by atoms with Gasteiger partial charge < -0.3 is 10.6 Å². The van der Waals surface area contributed by atoms with E-state index in [0.29, 0.717) is 11.3 Å². The molecule has 7 heteroatoms. The number of amides is 1. The largest absolute Gasteiger partial charge is 0.418 e. The Balaban J connectivity index is 1.91. The molecule has 0 aliphatic carbocycles. The van der Waals surface area contributed by atoms with Crippen LogP contribution in [-0.2, 0) is 11.0 Å². The number of carbonyl (C=O) groups is 1. The van der Waals surface area contributed by atoms with Crippen molar-refractivity contribution in [1.82, 2.24) is 0 Å². The fourth-order valence-electron chi connectivity index (χ4n) is 2.09. The molecule has 0 aromatic heterocycles. The van der Waals surface area contributed by atoms with Gasteiger partial charge in [0.25, 0.3) is 0 Å². The van der Waals surface area contributed by atoms with Gasteiger partial charge in [0.1, 0.15) is 0 Å². The SMILES string of the molecule is N#Cc1cccc(NC(=O)CCNc2ccccc2C(F)(F)F)c1. The van der Waals surface area contributed by atoms with Gasteiger partial charge in [-0.25, -0.2) is 0 Å². The summed E-state index contributed by atoms with van der Waals surface area (Å²) in [6.07, 6.45) is -4.47. The van der Waals surface area contributed by atoms with E-state index in [1.54, 1.807) is 18.2 Å². The van der Waals surface area contributed by atoms with Gasteiger partial charge in [0.2, 0.25) is 5.91 Å². The number of carbonyl (C=O) groups excluding carboxylic acids is 1. The first kappa shape index (κ1) is 17.3. The van der Waals surface area contributed by atoms with Crippen LogP contribution in [0.15, 0.2) is 48.5 Å². The van der Waals surface area contributed by atoms with Gasteiger partial charge in [0.05, 0.1) is 17.2 Å². The molecule has 0 bridgehead atoms. The predicted octanol–water partition coefficient (Wildman–Crippen LogP) is 4.02. The predicted molar refractivity (Wildman–Crippen MR) is 84.3 cm³/mol. The monoisotopic (exact) mass is 333 g/mol. The second-order valence-electron chi connectivity index (χ2n) is 4.96. The summed E-state index contributed by atoms with van der Waals surface area (Å²) in [5.74, 6) is -0.359. The normalized spacial score (nSPS) is 10.8. The average Bonchev–Trinajstić information content (AvgIpc) is 2.54. The number of alkyl halides is 3. The number of nitriles is 1. The van der Waals surface area contributed by atoms with Crippen LogP contribution in [-0.4, -0.2) is 12.5 Å². The molecule has 0 saturated carbocycles. The highest BCUT2D eigenvalue weighted by molar-refractivity contribution is 5.91. The van der Waals surface area contributed by atoms with Crippen LogP contribution in [0.4, 0.5) is 24.5 Å². The van der Waals surface area contributed by atoms with Crippen molar-refractivity contribution in [2.24, 2.45) is 0 Å². The molecule has 0 unspecified atom stereocenters. The lowest BCUT2D eigenvalue weighted by molar-refractivity contribution is -0.137. The second kappa shape index (κ2) is 7.51. The molecule has 0 heterocycles. The molecule has 0 spiro atoms. The van der Waals surface area contributed by atoms with E-state index in [1.807, 2.05) is 6.07 Å². The molecule has 0 fully saturated rings. The van der Waals surface area contributed by atoms with E-state index in [9.17, 15) is 18.0 Å². The molecule has 24 heavy (non-hydrogen) atoms. The van der Waals surface area contributed by atoms with Crippen molar-refractivity contribution < 1.29 is 18.0 Å². The van der Waals surface area contributed by atoms with E-state index >= 15 is 0 Å². The summed E-state index contributed by atoms with van der Waals surface area (Å²) in [6, 6.07) is 13.4. The lowest BCUT2D eigenvalue weighted by Crippen LogP contribution is -2.17. The lowest BCUT2D eigenvalue weighted by atomic mass is 10.1. The van der Waals surface area contributed by atoms with Crippen LogP contribution < -0.4 is 10.6 Å². The molecule has 1 amide bonds. The molecular weight excluding hydrogens is 319 g/mol. The van der Waals surface area contributed by atoms with Gasteiger partial charge in [-0.1, -0.05) is 18.2 Å². The quantitative estimate of drug-likeness (QED) is 0.869. The van der Waals surface area contributed by atoms with Crippen LogP contribution in [0.25, 0.3) is 0 Å². The highest BCUT2D eigenvalue weighted by Crippen LogP contribution is 2.34. The minimum atomic E-state index is -4.45. The molecule has 2 aromatic carbocycles. The average molecular weight is 333 g/mol. The Morgan fingerprint density at radius 2 is 1.88 bits per heavy atom. The molecule has 0 radical (unpaired) electrons. The topological polar surface area (TPSA) is 64.9 Å². The summed E-state index contributed by atoms with van der Waals surface area (Å²) >= 11 is 0. The van der Waals surface area contributed by atoms with Crippen molar-refractivity contribution in [2.75, 3.05) is 17.2 Å². The highest BCUT2D eigenvalue weighted by Gasteiger charge is 2.32. The summed E-state index contributed by atoms with van der Waals surface area (Å²) in [4.78, 5) is 11.8. The molecule has 0 aliphatic rings. The van der Waals surface area contributed by atoms with Crippen molar-refractivity contribution in [3.63, 3.8) is 0 Å². The van der Waals surface area contributed by atoms with Gasteiger partial charge in [0.15, 0.2) is 0 Å². The third-order valence-electron chi connectivity index (χ3n) is 3.18. The van der Waals surface area contributed by atoms with Crippen LogP contribution in [0, 0.1) is 11.3 Å². The van der Waals surface area contributed by atoms with Crippen LogP contribution in [0.5, 0.6) is 0 Å². The highest BCUT2D eigenvalue weighted by atomic mass is 19.4. The Labute approximate surface area is 136 Å². The van der Waals surface area contributed by atoms with Gasteiger partial charge in [-0.05, 0) is 30.3 Å². The van der Waals surface area contributed by atoms with E-state index < -0.39 is 11.7 Å². The van der Waals surface area contributed by atoms with E-state index in [4.69, 9.17) is 5.26 Å². The molecular formula is C17H14F3N3O. The summed E-state index contributed by atoms with van der Waals surface area (Å²) in [5.41, 5.74) is 0.0381. The fourth-order valence-corrected chi connectivity index (χ4v) is 2.09. The van der Waals surface area contributed by atoms with Gasteiger partial charge in [-0.3, -0.25) is 4.79 Å². The van der Waals surface area contributed by atoms with E-state index in [1.165, 1.54) is 24.3 Å². The number of halogens is 3. The van der Waals surface area contributed by atoms with Crippen LogP contribution in [0.1, 0.15) is 17.5 Å². The summed E-state index contributed by atoms with van der Waals surface area (Å²) < 4.78 is 38.5. The number of nitrogens with zero attached hydrogens (tertiary/aromatic N) is 1. The number of benzene rings is 2. The molecule has 0 aliphatic heterocycles. The zero-order valence-corrected chi connectivity index (χ0v) is 12.5. The van der Waals surface area contributed by atoms with Gasteiger partial charge in [-0.15, -0.1) is 0 Å². The van der Waals surface area contributed by atoms with Crippen molar-refractivity contribution in [3.05, 3.63) is 59.7 Å². The number of hydrogen-bond donors (Lipinski definition) is 2. The summed E-state index contributed by atoms with van der Waals surface area (Å²) in [6.45, 7) is 0.0524. The van der Waals surface area contributed by atoms with Crippen LogP contribution >= 0.6 is 0 Å². The number of nitrogens with one attached hydrogen (secondary N) is 2. The zero-order valence-electron chi connectivity index (χ0n) is 12.5. The molecule has 124 valence electrons. The van der Waals surface area contributed by atoms with Crippen molar-refractivity contribution in [1.29, 1.82) is 5.26 Å². The third kappa shape index (κ3) is 4.74. The van der Waals surface area contributed by atoms with E-state index in [2.05, 4.69) is 10.6 Å². The Morgan fingerprint density at radius 3 is 2.58 bits per heavy atom. The number of anilines is 2. The number of para-hydroxylation sites is 1. The lowest BCUT2D eigenvalue weighted by Gasteiger charge is -2.14. The maximum absolute atomic E-state index is 12.8. The van der Waals surface area contributed by atoms with Gasteiger partial charge in [-0.2, -0.15) is 18.4 Å².